The SMILES string of the molecule is COc1c(C)cc(C(O)C(Cl)Cl)cc1C. The van der Waals surface area contributed by atoms with Crippen molar-refractivity contribution in [3.05, 3.63) is 28.8 Å². The largest absolute Gasteiger partial charge is 0.496 e. The molecule has 2 nitrogen and oxygen atoms in total. The molecule has 1 aromatic carbocycles. The van der Waals surface area contributed by atoms with E-state index in [4.69, 9.17) is 27.9 Å². The van der Waals surface area contributed by atoms with Crippen molar-refractivity contribution in [1.82, 2.24) is 0 Å². The summed E-state index contributed by atoms with van der Waals surface area (Å²) >= 11 is 11.3. The molecule has 0 saturated heterocycles. The average Bonchev–Trinajstić information content (AvgIpc) is 2.15. The van der Waals surface area contributed by atoms with Crippen LogP contribution in [0.15, 0.2) is 12.1 Å². The summed E-state index contributed by atoms with van der Waals surface area (Å²) in [6.45, 7) is 3.83. The molecule has 0 fully saturated rings. The Bertz CT molecular complexity index is 327. The highest BCUT2D eigenvalue weighted by molar-refractivity contribution is 6.44. The molecular weight excluding hydrogens is 235 g/mol. The zero-order valence-corrected chi connectivity index (χ0v) is 10.4. The maximum atomic E-state index is 9.71. The Morgan fingerprint density at radius 3 is 2.00 bits per heavy atom. The second-order valence-electron chi connectivity index (χ2n) is 3.47. The van der Waals surface area contributed by atoms with E-state index < -0.39 is 10.9 Å². The fraction of sp³-hybridized carbons (Fsp3) is 0.455. The second-order valence-corrected chi connectivity index (χ2v) is 4.63. The first-order valence-electron chi connectivity index (χ1n) is 4.58. The lowest BCUT2D eigenvalue weighted by molar-refractivity contribution is 0.192. The number of alkyl halides is 2. The number of ether oxygens (including phenoxy) is 1. The van der Waals surface area contributed by atoms with Crippen molar-refractivity contribution in [2.75, 3.05) is 7.11 Å². The normalized spacial score (nSPS) is 13.0. The first-order valence-corrected chi connectivity index (χ1v) is 5.46. The Morgan fingerprint density at radius 2 is 1.67 bits per heavy atom. The van der Waals surface area contributed by atoms with Gasteiger partial charge in [-0.1, -0.05) is 0 Å². The Labute approximate surface area is 99.8 Å². The van der Waals surface area contributed by atoms with E-state index in [1.54, 1.807) is 7.11 Å². The molecule has 1 atom stereocenters. The average molecular weight is 249 g/mol. The van der Waals surface area contributed by atoms with Gasteiger partial charge >= 0.3 is 0 Å². The maximum Gasteiger partial charge on any atom is 0.137 e. The second kappa shape index (κ2) is 5.06. The van der Waals surface area contributed by atoms with Gasteiger partial charge in [0.15, 0.2) is 0 Å². The molecule has 0 radical (unpaired) electrons. The van der Waals surface area contributed by atoms with Gasteiger partial charge in [0.2, 0.25) is 0 Å². The fourth-order valence-corrected chi connectivity index (χ4v) is 1.91. The lowest BCUT2D eigenvalue weighted by Gasteiger charge is -2.16. The molecule has 0 heterocycles. The van der Waals surface area contributed by atoms with Crippen molar-refractivity contribution in [3.8, 4) is 5.75 Å². The van der Waals surface area contributed by atoms with E-state index >= 15 is 0 Å². The number of aryl methyl sites for hydroxylation is 2. The summed E-state index contributed by atoms with van der Waals surface area (Å²) in [6.07, 6.45) is -0.864. The molecule has 15 heavy (non-hydrogen) atoms. The third-order valence-electron chi connectivity index (χ3n) is 2.27. The van der Waals surface area contributed by atoms with Crippen LogP contribution in [0.4, 0.5) is 0 Å². The number of halogens is 2. The molecule has 0 aromatic heterocycles. The number of hydrogen-bond acceptors (Lipinski definition) is 2. The summed E-state index contributed by atoms with van der Waals surface area (Å²) in [5.41, 5.74) is 2.63. The van der Waals surface area contributed by atoms with Gasteiger partial charge in [-0.15, -0.1) is 23.2 Å². The Balaban J connectivity index is 3.14. The monoisotopic (exact) mass is 248 g/mol. The molecule has 4 heteroatoms. The van der Waals surface area contributed by atoms with Gasteiger partial charge in [-0.2, -0.15) is 0 Å². The molecule has 0 amide bonds. The van der Waals surface area contributed by atoms with Crippen LogP contribution < -0.4 is 4.74 Å². The highest BCUT2D eigenvalue weighted by Gasteiger charge is 2.17. The van der Waals surface area contributed by atoms with E-state index in [-0.39, 0.29) is 0 Å². The van der Waals surface area contributed by atoms with E-state index in [2.05, 4.69) is 0 Å². The summed E-state index contributed by atoms with van der Waals surface area (Å²) in [6, 6.07) is 3.66. The first-order chi connectivity index (χ1) is 6.97. The Kier molecular flexibility index (Phi) is 4.26. The van der Waals surface area contributed by atoms with Crippen molar-refractivity contribution in [2.45, 2.75) is 24.8 Å². The summed E-state index contributed by atoms with van der Waals surface area (Å²) < 4.78 is 5.22. The maximum absolute atomic E-state index is 9.71. The van der Waals surface area contributed by atoms with Gasteiger partial charge in [0.25, 0.3) is 0 Å². The van der Waals surface area contributed by atoms with E-state index in [1.165, 1.54) is 0 Å². The lowest BCUT2D eigenvalue weighted by atomic mass is 10.0. The van der Waals surface area contributed by atoms with Crippen molar-refractivity contribution < 1.29 is 9.84 Å². The molecular formula is C11H14Cl2O2. The van der Waals surface area contributed by atoms with Crippen LogP contribution in [-0.4, -0.2) is 17.1 Å². The molecule has 0 aliphatic rings. The molecule has 84 valence electrons. The smallest absolute Gasteiger partial charge is 0.137 e. The van der Waals surface area contributed by atoms with E-state index in [0.29, 0.717) is 5.56 Å². The van der Waals surface area contributed by atoms with Gasteiger partial charge < -0.3 is 9.84 Å². The minimum Gasteiger partial charge on any atom is -0.496 e. The van der Waals surface area contributed by atoms with Gasteiger partial charge in [-0.3, -0.25) is 0 Å². The van der Waals surface area contributed by atoms with Crippen molar-refractivity contribution in [1.29, 1.82) is 0 Å². The zero-order valence-electron chi connectivity index (χ0n) is 8.92. The summed E-state index contributed by atoms with van der Waals surface area (Å²) in [5.74, 6) is 0.826. The van der Waals surface area contributed by atoms with Gasteiger partial charge in [-0.25, -0.2) is 0 Å². The van der Waals surface area contributed by atoms with Crippen LogP contribution >= 0.6 is 23.2 Å². The lowest BCUT2D eigenvalue weighted by Crippen LogP contribution is -2.07. The molecule has 0 saturated carbocycles. The third-order valence-corrected chi connectivity index (χ3v) is 2.74. The summed E-state index contributed by atoms with van der Waals surface area (Å²) in [4.78, 5) is -0.822. The molecule has 1 rings (SSSR count). The molecule has 0 aliphatic carbocycles. The molecule has 1 unspecified atom stereocenters. The van der Waals surface area contributed by atoms with E-state index in [0.717, 1.165) is 16.9 Å². The summed E-state index contributed by atoms with van der Waals surface area (Å²) in [5, 5.41) is 9.71. The van der Waals surface area contributed by atoms with Crippen LogP contribution in [0.2, 0.25) is 0 Å². The number of aliphatic hydroxyl groups excluding tert-OH is 1. The van der Waals surface area contributed by atoms with Crippen LogP contribution in [0.25, 0.3) is 0 Å². The highest BCUT2D eigenvalue weighted by Crippen LogP contribution is 2.30. The Hall–Kier alpha value is -0.440. The number of benzene rings is 1. The standard InChI is InChI=1S/C11H14Cl2O2/c1-6-4-8(9(14)11(12)13)5-7(2)10(6)15-3/h4-5,9,11,14H,1-3H3. The van der Waals surface area contributed by atoms with E-state index in [9.17, 15) is 5.11 Å². The summed E-state index contributed by atoms with van der Waals surface area (Å²) in [7, 11) is 1.62. The number of rotatable bonds is 3. The number of aliphatic hydroxyl groups is 1. The number of hydrogen-bond donors (Lipinski definition) is 1. The first kappa shape index (κ1) is 12.6. The molecule has 0 aliphatic heterocycles. The molecule has 0 bridgehead atoms. The predicted octanol–water partition coefficient (Wildman–Crippen LogP) is 3.15. The van der Waals surface area contributed by atoms with Crippen LogP contribution in [-0.2, 0) is 0 Å². The molecule has 1 N–H and O–H groups in total. The third kappa shape index (κ3) is 2.77. The van der Waals surface area contributed by atoms with Crippen LogP contribution in [0.5, 0.6) is 5.75 Å². The molecule has 1 aromatic rings. The quantitative estimate of drug-likeness (QED) is 0.834. The minimum absolute atomic E-state index is 0.709. The van der Waals surface area contributed by atoms with Crippen LogP contribution in [0.1, 0.15) is 22.8 Å². The van der Waals surface area contributed by atoms with Crippen molar-refractivity contribution in [3.63, 3.8) is 0 Å². The van der Waals surface area contributed by atoms with Gasteiger partial charge in [0.1, 0.15) is 16.7 Å². The Morgan fingerprint density at radius 1 is 1.20 bits per heavy atom. The molecule has 0 spiro atoms. The van der Waals surface area contributed by atoms with Crippen LogP contribution in [0, 0.1) is 13.8 Å². The highest BCUT2D eigenvalue weighted by atomic mass is 35.5. The van der Waals surface area contributed by atoms with Crippen LogP contribution in [0.3, 0.4) is 0 Å². The predicted molar refractivity (Wildman–Crippen MR) is 62.9 cm³/mol. The fourth-order valence-electron chi connectivity index (χ4n) is 1.62. The van der Waals surface area contributed by atoms with Gasteiger partial charge in [-0.05, 0) is 42.7 Å². The number of methoxy groups -OCH3 is 1. The minimum atomic E-state index is -0.864. The van der Waals surface area contributed by atoms with Gasteiger partial charge in [0, 0.05) is 0 Å². The van der Waals surface area contributed by atoms with Gasteiger partial charge in [0.05, 0.1) is 7.11 Å². The van der Waals surface area contributed by atoms with E-state index in [1.807, 2.05) is 26.0 Å². The topological polar surface area (TPSA) is 29.5 Å². The van der Waals surface area contributed by atoms with Crippen molar-refractivity contribution in [2.24, 2.45) is 0 Å². The zero-order chi connectivity index (χ0) is 11.6. The van der Waals surface area contributed by atoms with Crippen molar-refractivity contribution >= 4 is 23.2 Å².